The standard InChI is InChI=1S/C13H15ClN6/c1-10(14)12-17-11-4-2-5-15-13(11)20(12)8-3-7-19-9-6-16-18-19/h2,4-6,9-10H,3,7-8H2,1H3. The summed E-state index contributed by atoms with van der Waals surface area (Å²) >= 11 is 6.22. The third kappa shape index (κ3) is 2.51. The zero-order valence-corrected chi connectivity index (χ0v) is 11.9. The van der Waals surface area contributed by atoms with Gasteiger partial charge < -0.3 is 4.57 Å². The summed E-state index contributed by atoms with van der Waals surface area (Å²) in [4.78, 5) is 8.97. The first kappa shape index (κ1) is 13.1. The van der Waals surface area contributed by atoms with Crippen LogP contribution >= 0.6 is 11.6 Å². The van der Waals surface area contributed by atoms with Gasteiger partial charge in [0.25, 0.3) is 0 Å². The molecule has 7 heteroatoms. The van der Waals surface area contributed by atoms with Crippen molar-refractivity contribution >= 4 is 22.8 Å². The molecule has 0 fully saturated rings. The summed E-state index contributed by atoms with van der Waals surface area (Å²) in [7, 11) is 0. The van der Waals surface area contributed by atoms with E-state index < -0.39 is 0 Å². The first-order valence-corrected chi connectivity index (χ1v) is 6.98. The molecule has 3 heterocycles. The Morgan fingerprint density at radius 2 is 2.20 bits per heavy atom. The maximum absolute atomic E-state index is 6.22. The van der Waals surface area contributed by atoms with E-state index in [9.17, 15) is 0 Å². The largest absolute Gasteiger partial charge is 0.311 e. The maximum atomic E-state index is 6.22. The Morgan fingerprint density at radius 3 is 2.95 bits per heavy atom. The van der Waals surface area contributed by atoms with Crippen molar-refractivity contribution in [2.75, 3.05) is 0 Å². The van der Waals surface area contributed by atoms with Gasteiger partial charge in [0.05, 0.1) is 11.6 Å². The van der Waals surface area contributed by atoms with E-state index in [1.807, 2.05) is 29.9 Å². The van der Waals surface area contributed by atoms with Gasteiger partial charge in [-0.25, -0.2) is 9.97 Å². The van der Waals surface area contributed by atoms with E-state index in [2.05, 4.69) is 24.8 Å². The molecule has 0 amide bonds. The average molecular weight is 291 g/mol. The number of nitrogens with zero attached hydrogens (tertiary/aromatic N) is 6. The lowest BCUT2D eigenvalue weighted by atomic mass is 10.3. The van der Waals surface area contributed by atoms with Crippen molar-refractivity contribution in [3.05, 3.63) is 36.5 Å². The Labute approximate surface area is 121 Å². The Morgan fingerprint density at radius 1 is 1.30 bits per heavy atom. The number of halogens is 1. The minimum absolute atomic E-state index is 0.143. The second-order valence-electron chi connectivity index (χ2n) is 4.60. The molecule has 1 atom stereocenters. The van der Waals surface area contributed by atoms with Gasteiger partial charge in [-0.05, 0) is 25.5 Å². The molecule has 0 N–H and O–H groups in total. The predicted molar refractivity (Wildman–Crippen MR) is 76.4 cm³/mol. The molecule has 0 aromatic carbocycles. The topological polar surface area (TPSA) is 61.4 Å². The van der Waals surface area contributed by atoms with E-state index in [1.165, 1.54) is 0 Å². The van der Waals surface area contributed by atoms with E-state index in [0.29, 0.717) is 0 Å². The first-order chi connectivity index (χ1) is 9.75. The first-order valence-electron chi connectivity index (χ1n) is 6.55. The van der Waals surface area contributed by atoms with Crippen molar-refractivity contribution in [2.24, 2.45) is 0 Å². The average Bonchev–Trinajstić information content (AvgIpc) is 3.07. The quantitative estimate of drug-likeness (QED) is 0.677. The van der Waals surface area contributed by atoms with Gasteiger partial charge in [-0.2, -0.15) is 0 Å². The van der Waals surface area contributed by atoms with Crippen molar-refractivity contribution in [3.8, 4) is 0 Å². The number of aryl methyl sites for hydroxylation is 2. The zero-order valence-electron chi connectivity index (χ0n) is 11.1. The van der Waals surface area contributed by atoms with Crippen molar-refractivity contribution in [1.29, 1.82) is 0 Å². The molecule has 0 aliphatic heterocycles. The molecule has 0 aliphatic rings. The van der Waals surface area contributed by atoms with Gasteiger partial charge in [0, 0.05) is 25.5 Å². The molecule has 0 radical (unpaired) electrons. The molecular weight excluding hydrogens is 276 g/mol. The van der Waals surface area contributed by atoms with Gasteiger partial charge in [-0.15, -0.1) is 16.7 Å². The number of imidazole rings is 1. The van der Waals surface area contributed by atoms with E-state index in [0.717, 1.165) is 36.5 Å². The SMILES string of the molecule is CC(Cl)c1nc2cccnc2n1CCCn1ccnn1. The van der Waals surface area contributed by atoms with Crippen molar-refractivity contribution < 1.29 is 0 Å². The summed E-state index contributed by atoms with van der Waals surface area (Å²) in [5, 5.41) is 7.61. The Kier molecular flexibility index (Phi) is 3.64. The minimum atomic E-state index is -0.143. The van der Waals surface area contributed by atoms with Gasteiger partial charge in [-0.1, -0.05) is 5.21 Å². The van der Waals surface area contributed by atoms with Gasteiger partial charge in [0.1, 0.15) is 11.3 Å². The van der Waals surface area contributed by atoms with Gasteiger partial charge >= 0.3 is 0 Å². The monoisotopic (exact) mass is 290 g/mol. The van der Waals surface area contributed by atoms with E-state index in [-0.39, 0.29) is 5.38 Å². The lowest BCUT2D eigenvalue weighted by Crippen LogP contribution is -2.08. The van der Waals surface area contributed by atoms with Crippen molar-refractivity contribution in [2.45, 2.75) is 31.8 Å². The molecule has 1 unspecified atom stereocenters. The fourth-order valence-corrected chi connectivity index (χ4v) is 2.41. The summed E-state index contributed by atoms with van der Waals surface area (Å²) in [6, 6.07) is 3.84. The smallest absolute Gasteiger partial charge is 0.160 e. The summed E-state index contributed by atoms with van der Waals surface area (Å²) in [6.07, 6.45) is 6.23. The molecule has 0 saturated heterocycles. The molecule has 0 bridgehead atoms. The molecular formula is C13H15ClN6. The number of rotatable bonds is 5. The summed E-state index contributed by atoms with van der Waals surface area (Å²) < 4.78 is 3.90. The Bertz CT molecular complexity index is 688. The van der Waals surface area contributed by atoms with Crippen molar-refractivity contribution in [1.82, 2.24) is 29.5 Å². The summed E-state index contributed by atoms with van der Waals surface area (Å²) in [5.74, 6) is 0.860. The van der Waals surface area contributed by atoms with E-state index in [1.54, 1.807) is 12.4 Å². The highest BCUT2D eigenvalue weighted by atomic mass is 35.5. The number of alkyl halides is 1. The molecule has 0 saturated carbocycles. The van der Waals surface area contributed by atoms with Crippen LogP contribution in [0.2, 0.25) is 0 Å². The van der Waals surface area contributed by atoms with Crippen LogP contribution in [-0.2, 0) is 13.1 Å². The second kappa shape index (κ2) is 5.58. The van der Waals surface area contributed by atoms with Crippen LogP contribution in [0.3, 0.4) is 0 Å². The summed E-state index contributed by atoms with van der Waals surface area (Å²) in [6.45, 7) is 3.54. The molecule has 0 aliphatic carbocycles. The number of hydrogen-bond acceptors (Lipinski definition) is 4. The zero-order chi connectivity index (χ0) is 13.9. The van der Waals surface area contributed by atoms with Crippen LogP contribution in [0.15, 0.2) is 30.7 Å². The minimum Gasteiger partial charge on any atom is -0.311 e. The van der Waals surface area contributed by atoms with Crippen LogP contribution in [-0.4, -0.2) is 29.5 Å². The molecule has 104 valence electrons. The van der Waals surface area contributed by atoms with E-state index in [4.69, 9.17) is 11.6 Å². The Hall–Kier alpha value is -1.95. The maximum Gasteiger partial charge on any atom is 0.160 e. The third-order valence-electron chi connectivity index (χ3n) is 3.13. The highest BCUT2D eigenvalue weighted by molar-refractivity contribution is 6.20. The van der Waals surface area contributed by atoms with Crippen LogP contribution in [0.4, 0.5) is 0 Å². The normalized spacial score (nSPS) is 12.9. The predicted octanol–water partition coefficient (Wildman–Crippen LogP) is 2.41. The summed E-state index contributed by atoms with van der Waals surface area (Å²) in [5.41, 5.74) is 1.77. The van der Waals surface area contributed by atoms with Crippen LogP contribution < -0.4 is 0 Å². The van der Waals surface area contributed by atoms with Gasteiger partial charge in [-0.3, -0.25) is 4.68 Å². The van der Waals surface area contributed by atoms with Gasteiger partial charge in [0.2, 0.25) is 0 Å². The number of pyridine rings is 1. The fourth-order valence-electron chi connectivity index (χ4n) is 2.24. The van der Waals surface area contributed by atoms with Crippen LogP contribution in [0, 0.1) is 0 Å². The molecule has 3 rings (SSSR count). The van der Waals surface area contributed by atoms with Crippen molar-refractivity contribution in [3.63, 3.8) is 0 Å². The number of fused-ring (bicyclic) bond motifs is 1. The molecule has 3 aromatic heterocycles. The molecule has 6 nitrogen and oxygen atoms in total. The van der Waals surface area contributed by atoms with Crippen LogP contribution in [0.25, 0.3) is 11.2 Å². The number of hydrogen-bond donors (Lipinski definition) is 0. The molecule has 0 spiro atoms. The molecule has 20 heavy (non-hydrogen) atoms. The Balaban J connectivity index is 1.83. The highest BCUT2D eigenvalue weighted by Crippen LogP contribution is 2.23. The van der Waals surface area contributed by atoms with Crippen LogP contribution in [0.5, 0.6) is 0 Å². The highest BCUT2D eigenvalue weighted by Gasteiger charge is 2.15. The van der Waals surface area contributed by atoms with E-state index >= 15 is 0 Å². The lowest BCUT2D eigenvalue weighted by molar-refractivity contribution is 0.510. The molecule has 3 aromatic rings. The second-order valence-corrected chi connectivity index (χ2v) is 5.26. The third-order valence-corrected chi connectivity index (χ3v) is 3.33. The van der Waals surface area contributed by atoms with Crippen LogP contribution in [0.1, 0.15) is 24.5 Å². The number of aromatic nitrogens is 6. The lowest BCUT2D eigenvalue weighted by Gasteiger charge is -2.09. The van der Waals surface area contributed by atoms with Gasteiger partial charge in [0.15, 0.2) is 5.65 Å². The fraction of sp³-hybridized carbons (Fsp3) is 0.385.